The second kappa shape index (κ2) is 11.6. The van der Waals surface area contributed by atoms with Crippen LogP contribution in [0.5, 0.6) is 17.2 Å². The van der Waals surface area contributed by atoms with Gasteiger partial charge >= 0.3 is 5.97 Å². The molecule has 0 spiro atoms. The molecule has 0 unspecified atom stereocenters. The van der Waals surface area contributed by atoms with E-state index in [0.29, 0.717) is 36.1 Å². The third-order valence-electron chi connectivity index (χ3n) is 4.31. The molecule has 0 saturated carbocycles. The second-order valence-corrected chi connectivity index (χ2v) is 7.66. The Morgan fingerprint density at radius 3 is 1.78 bits per heavy atom. The van der Waals surface area contributed by atoms with Gasteiger partial charge in [0.2, 0.25) is 0 Å². The van der Waals surface area contributed by atoms with Crippen molar-refractivity contribution in [1.29, 1.82) is 0 Å². The van der Waals surface area contributed by atoms with Gasteiger partial charge in [0.15, 0.2) is 0 Å². The molecule has 0 aliphatic heterocycles. The largest absolute Gasteiger partial charge is 0.494 e. The van der Waals surface area contributed by atoms with Crippen molar-refractivity contribution in [2.24, 2.45) is 16.1 Å². The van der Waals surface area contributed by atoms with Gasteiger partial charge in [0, 0.05) is 0 Å². The number of ether oxygens (including phenoxy) is 3. The van der Waals surface area contributed by atoms with Crippen LogP contribution in [-0.4, -0.2) is 19.2 Å². The lowest BCUT2D eigenvalue weighted by Crippen LogP contribution is -2.08. The van der Waals surface area contributed by atoms with Crippen molar-refractivity contribution in [3.63, 3.8) is 0 Å². The summed E-state index contributed by atoms with van der Waals surface area (Å²) in [5, 5.41) is 8.45. The van der Waals surface area contributed by atoms with E-state index in [-0.39, 0.29) is 0 Å². The van der Waals surface area contributed by atoms with E-state index in [1.54, 1.807) is 48.5 Å². The van der Waals surface area contributed by atoms with Crippen molar-refractivity contribution in [3.05, 3.63) is 78.4 Å². The molecule has 0 amide bonds. The molecule has 6 heteroatoms. The van der Waals surface area contributed by atoms with Crippen LogP contribution in [0.4, 0.5) is 11.4 Å². The number of rotatable bonds is 10. The van der Waals surface area contributed by atoms with Crippen LogP contribution in [0.3, 0.4) is 0 Å². The zero-order chi connectivity index (χ0) is 22.8. The predicted molar refractivity (Wildman–Crippen MR) is 125 cm³/mol. The molecule has 0 bridgehead atoms. The first-order chi connectivity index (χ1) is 15.5. The SMILES string of the molecule is CCCOc1ccc(C(=O)Oc2ccc(N=Nc3ccc(OCC(C)C)cc3)cc2)cc1. The molecule has 0 N–H and O–H groups in total. The third-order valence-corrected chi connectivity index (χ3v) is 4.31. The average molecular weight is 433 g/mol. The van der Waals surface area contributed by atoms with E-state index >= 15 is 0 Å². The van der Waals surface area contributed by atoms with Crippen LogP contribution in [-0.2, 0) is 0 Å². The van der Waals surface area contributed by atoms with Crippen LogP contribution in [0.25, 0.3) is 0 Å². The summed E-state index contributed by atoms with van der Waals surface area (Å²) in [7, 11) is 0. The summed E-state index contributed by atoms with van der Waals surface area (Å²) in [4.78, 5) is 12.3. The Hall–Kier alpha value is -3.67. The molecule has 166 valence electrons. The van der Waals surface area contributed by atoms with Crippen molar-refractivity contribution in [2.45, 2.75) is 27.2 Å². The van der Waals surface area contributed by atoms with Gasteiger partial charge in [-0.05, 0) is 85.1 Å². The quantitative estimate of drug-likeness (QED) is 0.194. The Kier molecular flexibility index (Phi) is 8.37. The summed E-state index contributed by atoms with van der Waals surface area (Å²) < 4.78 is 16.6. The third kappa shape index (κ3) is 7.23. The highest BCUT2D eigenvalue weighted by Crippen LogP contribution is 2.24. The minimum atomic E-state index is -0.429. The number of benzene rings is 3. The maximum absolute atomic E-state index is 12.3. The first-order valence-electron chi connectivity index (χ1n) is 10.7. The molecule has 0 radical (unpaired) electrons. The number of esters is 1. The highest BCUT2D eigenvalue weighted by atomic mass is 16.5. The maximum atomic E-state index is 12.3. The van der Waals surface area contributed by atoms with Crippen LogP contribution in [0.15, 0.2) is 83.0 Å². The summed E-state index contributed by atoms with van der Waals surface area (Å²) in [5.41, 5.74) is 1.84. The van der Waals surface area contributed by atoms with Crippen molar-refractivity contribution in [2.75, 3.05) is 13.2 Å². The monoisotopic (exact) mass is 432 g/mol. The first-order valence-corrected chi connectivity index (χ1v) is 10.7. The number of hydrogen-bond donors (Lipinski definition) is 0. The lowest BCUT2D eigenvalue weighted by Gasteiger charge is -2.08. The molecule has 0 aliphatic carbocycles. The molecule has 0 aromatic heterocycles. The molecule has 32 heavy (non-hydrogen) atoms. The lowest BCUT2D eigenvalue weighted by atomic mass is 10.2. The van der Waals surface area contributed by atoms with Gasteiger partial charge in [-0.3, -0.25) is 0 Å². The standard InChI is InChI=1S/C26H28N2O4/c1-4-17-30-23-11-5-20(6-12-23)26(29)32-25-15-9-22(10-16-25)28-27-21-7-13-24(14-8-21)31-18-19(2)3/h5-16,19H,4,17-18H2,1-3H3. The molecule has 0 aliphatic rings. The highest BCUT2D eigenvalue weighted by Gasteiger charge is 2.09. The minimum Gasteiger partial charge on any atom is -0.494 e. The van der Waals surface area contributed by atoms with Crippen LogP contribution in [0, 0.1) is 5.92 Å². The molecule has 3 aromatic rings. The number of nitrogens with zero attached hydrogens (tertiary/aromatic N) is 2. The van der Waals surface area contributed by atoms with E-state index in [2.05, 4.69) is 24.1 Å². The number of hydrogen-bond acceptors (Lipinski definition) is 6. The van der Waals surface area contributed by atoms with Gasteiger partial charge in [-0.15, -0.1) is 0 Å². The van der Waals surface area contributed by atoms with E-state index in [1.165, 1.54) is 0 Å². The average Bonchev–Trinajstić information content (AvgIpc) is 2.82. The Labute approximate surface area is 188 Å². The van der Waals surface area contributed by atoms with Gasteiger partial charge < -0.3 is 14.2 Å². The predicted octanol–water partition coefficient (Wildman–Crippen LogP) is 7.14. The van der Waals surface area contributed by atoms with Crippen LogP contribution in [0.2, 0.25) is 0 Å². The summed E-state index contributed by atoms with van der Waals surface area (Å²) in [6.45, 7) is 7.58. The fourth-order valence-corrected chi connectivity index (χ4v) is 2.64. The highest BCUT2D eigenvalue weighted by molar-refractivity contribution is 5.91. The normalized spacial score (nSPS) is 11.0. The van der Waals surface area contributed by atoms with Gasteiger partial charge in [0.25, 0.3) is 0 Å². The van der Waals surface area contributed by atoms with Crippen molar-refractivity contribution in [3.8, 4) is 17.2 Å². The van der Waals surface area contributed by atoms with Gasteiger partial charge in [-0.25, -0.2) is 4.79 Å². The fourth-order valence-electron chi connectivity index (χ4n) is 2.64. The van der Waals surface area contributed by atoms with E-state index in [0.717, 1.165) is 23.6 Å². The van der Waals surface area contributed by atoms with Crippen LogP contribution >= 0.6 is 0 Å². The van der Waals surface area contributed by atoms with Gasteiger partial charge in [0.05, 0.1) is 30.2 Å². The van der Waals surface area contributed by atoms with E-state index in [4.69, 9.17) is 14.2 Å². The molecular weight excluding hydrogens is 404 g/mol. The Morgan fingerprint density at radius 1 is 0.750 bits per heavy atom. The topological polar surface area (TPSA) is 69.5 Å². The molecule has 0 atom stereocenters. The minimum absolute atomic E-state index is 0.429. The maximum Gasteiger partial charge on any atom is 0.343 e. The summed E-state index contributed by atoms with van der Waals surface area (Å²) in [6, 6.07) is 21.2. The van der Waals surface area contributed by atoms with Gasteiger partial charge in [-0.1, -0.05) is 20.8 Å². The molecule has 0 heterocycles. The zero-order valence-corrected chi connectivity index (χ0v) is 18.7. The number of azo groups is 1. The molecule has 3 rings (SSSR count). The molecular formula is C26H28N2O4. The lowest BCUT2D eigenvalue weighted by molar-refractivity contribution is 0.0734. The van der Waals surface area contributed by atoms with E-state index in [1.807, 2.05) is 31.2 Å². The van der Waals surface area contributed by atoms with Crippen molar-refractivity contribution in [1.82, 2.24) is 0 Å². The van der Waals surface area contributed by atoms with Crippen LogP contribution < -0.4 is 14.2 Å². The Morgan fingerprint density at radius 2 is 1.25 bits per heavy atom. The van der Waals surface area contributed by atoms with Gasteiger partial charge in [-0.2, -0.15) is 10.2 Å². The second-order valence-electron chi connectivity index (χ2n) is 7.66. The molecule has 0 fully saturated rings. The Bertz CT molecular complexity index is 1010. The molecule has 6 nitrogen and oxygen atoms in total. The fraction of sp³-hybridized carbons (Fsp3) is 0.269. The van der Waals surface area contributed by atoms with E-state index < -0.39 is 5.97 Å². The van der Waals surface area contributed by atoms with E-state index in [9.17, 15) is 4.79 Å². The molecule has 0 saturated heterocycles. The summed E-state index contributed by atoms with van der Waals surface area (Å²) in [5.74, 6) is 2.03. The first kappa shape index (κ1) is 23.0. The summed E-state index contributed by atoms with van der Waals surface area (Å²) >= 11 is 0. The molecule has 3 aromatic carbocycles. The van der Waals surface area contributed by atoms with Gasteiger partial charge in [0.1, 0.15) is 17.2 Å². The summed E-state index contributed by atoms with van der Waals surface area (Å²) in [6.07, 6.45) is 0.930. The number of carbonyl (C=O) groups is 1. The smallest absolute Gasteiger partial charge is 0.343 e. The van der Waals surface area contributed by atoms with Crippen molar-refractivity contribution >= 4 is 17.3 Å². The van der Waals surface area contributed by atoms with Crippen LogP contribution in [0.1, 0.15) is 37.6 Å². The van der Waals surface area contributed by atoms with Crippen molar-refractivity contribution < 1.29 is 19.0 Å². The Balaban J connectivity index is 1.53. The number of carbonyl (C=O) groups excluding carboxylic acids is 1. The zero-order valence-electron chi connectivity index (χ0n) is 18.7.